The number of nitrogens with zero attached hydrogens (tertiary/aromatic N) is 2. The van der Waals surface area contributed by atoms with Crippen molar-refractivity contribution >= 4 is 28.9 Å². The van der Waals surface area contributed by atoms with Gasteiger partial charge < -0.3 is 14.2 Å². The van der Waals surface area contributed by atoms with Gasteiger partial charge >= 0.3 is 5.97 Å². The Hall–Kier alpha value is -2.45. The molecular formula is C19H22N2O5S. The van der Waals surface area contributed by atoms with Crippen LogP contribution in [0.15, 0.2) is 23.6 Å². The zero-order valence-corrected chi connectivity index (χ0v) is 16.5. The van der Waals surface area contributed by atoms with E-state index in [1.807, 2.05) is 24.4 Å². The van der Waals surface area contributed by atoms with Gasteiger partial charge in [0.25, 0.3) is 5.91 Å². The molecule has 0 bridgehead atoms. The second-order valence-electron chi connectivity index (χ2n) is 6.37. The number of ether oxygens (including phenoxy) is 3. The van der Waals surface area contributed by atoms with Crippen molar-refractivity contribution in [2.24, 2.45) is 0 Å². The molecule has 1 aromatic heterocycles. The third kappa shape index (κ3) is 4.28. The van der Waals surface area contributed by atoms with Gasteiger partial charge in [0.1, 0.15) is 18.4 Å². The summed E-state index contributed by atoms with van der Waals surface area (Å²) >= 11 is 1.55. The molecule has 2 heterocycles. The molecule has 2 aromatic rings. The number of anilines is 1. The Morgan fingerprint density at radius 1 is 1.44 bits per heavy atom. The molecule has 7 nitrogen and oxygen atoms in total. The Kier molecular flexibility index (Phi) is 5.76. The molecule has 0 saturated heterocycles. The van der Waals surface area contributed by atoms with E-state index in [1.165, 1.54) is 12.0 Å². The first-order valence-electron chi connectivity index (χ1n) is 8.62. The van der Waals surface area contributed by atoms with Crippen LogP contribution in [-0.4, -0.2) is 49.3 Å². The topological polar surface area (TPSA) is 78.0 Å². The Labute approximate surface area is 161 Å². The molecule has 1 aliphatic heterocycles. The lowest BCUT2D eigenvalue weighted by Crippen LogP contribution is -2.47. The number of fused-ring (bicyclic) bond motifs is 1. The van der Waals surface area contributed by atoms with Crippen molar-refractivity contribution in [2.75, 3.05) is 25.2 Å². The molecule has 0 N–H and O–H groups in total. The highest BCUT2D eigenvalue weighted by Gasteiger charge is 2.33. The van der Waals surface area contributed by atoms with Crippen LogP contribution in [0, 0.1) is 6.92 Å². The van der Waals surface area contributed by atoms with Crippen LogP contribution in [0.25, 0.3) is 11.3 Å². The number of benzene rings is 1. The van der Waals surface area contributed by atoms with Crippen molar-refractivity contribution in [2.45, 2.75) is 33.0 Å². The van der Waals surface area contributed by atoms with E-state index in [4.69, 9.17) is 14.2 Å². The molecule has 0 spiro atoms. The Morgan fingerprint density at radius 3 is 2.89 bits per heavy atom. The lowest BCUT2D eigenvalue weighted by atomic mass is 10.1. The van der Waals surface area contributed by atoms with Crippen molar-refractivity contribution in [3.05, 3.63) is 28.6 Å². The number of esters is 1. The van der Waals surface area contributed by atoms with E-state index >= 15 is 0 Å². The summed E-state index contributed by atoms with van der Waals surface area (Å²) in [7, 11) is 1.54. The van der Waals surface area contributed by atoms with Gasteiger partial charge in [0.15, 0.2) is 6.10 Å². The smallest absolute Gasteiger partial charge is 0.326 e. The van der Waals surface area contributed by atoms with E-state index in [0.29, 0.717) is 18.0 Å². The van der Waals surface area contributed by atoms with Gasteiger partial charge in [0, 0.05) is 18.1 Å². The van der Waals surface area contributed by atoms with Gasteiger partial charge in [0.2, 0.25) is 0 Å². The summed E-state index contributed by atoms with van der Waals surface area (Å²) in [5.74, 6) is -0.233. The third-order valence-corrected chi connectivity index (χ3v) is 4.88. The van der Waals surface area contributed by atoms with E-state index in [9.17, 15) is 9.59 Å². The summed E-state index contributed by atoms with van der Waals surface area (Å²) in [6, 6.07) is 5.51. The molecule has 0 radical (unpaired) electrons. The SMILES string of the molecule is COCC(C)OC(=O)CN1C(=O)C(C)Oc2ccc(-c3csc(C)n3)cc21. The van der Waals surface area contributed by atoms with E-state index in [0.717, 1.165) is 16.3 Å². The highest BCUT2D eigenvalue weighted by atomic mass is 32.1. The van der Waals surface area contributed by atoms with Crippen LogP contribution >= 0.6 is 11.3 Å². The van der Waals surface area contributed by atoms with Gasteiger partial charge in [-0.05, 0) is 39.0 Å². The normalized spacial score (nSPS) is 17.3. The summed E-state index contributed by atoms with van der Waals surface area (Å²) in [5, 5.41) is 2.91. The number of aryl methyl sites for hydroxylation is 1. The number of hydrogen-bond acceptors (Lipinski definition) is 7. The summed E-state index contributed by atoms with van der Waals surface area (Å²) in [6.07, 6.45) is -1.06. The molecular weight excluding hydrogens is 368 g/mol. The predicted molar refractivity (Wildman–Crippen MR) is 102 cm³/mol. The lowest BCUT2D eigenvalue weighted by Gasteiger charge is -2.32. The monoisotopic (exact) mass is 390 g/mol. The van der Waals surface area contributed by atoms with Gasteiger partial charge in [-0.15, -0.1) is 11.3 Å². The molecule has 8 heteroatoms. The zero-order valence-electron chi connectivity index (χ0n) is 15.7. The first-order valence-corrected chi connectivity index (χ1v) is 9.50. The van der Waals surface area contributed by atoms with Crippen LogP contribution in [0.2, 0.25) is 0 Å². The maximum atomic E-state index is 12.6. The number of methoxy groups -OCH3 is 1. The van der Waals surface area contributed by atoms with E-state index in [2.05, 4.69) is 4.98 Å². The summed E-state index contributed by atoms with van der Waals surface area (Å²) in [4.78, 5) is 30.8. The second-order valence-corrected chi connectivity index (χ2v) is 7.44. The van der Waals surface area contributed by atoms with Crippen LogP contribution < -0.4 is 9.64 Å². The Balaban J connectivity index is 1.88. The largest absolute Gasteiger partial charge is 0.479 e. The summed E-state index contributed by atoms with van der Waals surface area (Å²) < 4.78 is 16.0. The molecule has 27 heavy (non-hydrogen) atoms. The summed E-state index contributed by atoms with van der Waals surface area (Å²) in [5.41, 5.74) is 2.22. The highest BCUT2D eigenvalue weighted by molar-refractivity contribution is 7.09. The molecule has 3 rings (SSSR count). The first kappa shape index (κ1) is 19.3. The van der Waals surface area contributed by atoms with Gasteiger partial charge in [0.05, 0.1) is 23.0 Å². The molecule has 2 unspecified atom stereocenters. The fraction of sp³-hybridized carbons (Fsp3) is 0.421. The molecule has 1 aliphatic rings. The number of carbonyl (C=O) groups excluding carboxylic acids is 2. The molecule has 0 saturated carbocycles. The van der Waals surface area contributed by atoms with Gasteiger partial charge in [-0.25, -0.2) is 4.98 Å². The minimum absolute atomic E-state index is 0.187. The van der Waals surface area contributed by atoms with Gasteiger partial charge in [-0.3, -0.25) is 14.5 Å². The first-order chi connectivity index (χ1) is 12.9. The number of amides is 1. The van der Waals surface area contributed by atoms with Gasteiger partial charge in [-0.2, -0.15) is 0 Å². The number of carbonyl (C=O) groups is 2. The quantitative estimate of drug-likeness (QED) is 0.706. The molecule has 0 aliphatic carbocycles. The van der Waals surface area contributed by atoms with E-state index in [-0.39, 0.29) is 18.6 Å². The van der Waals surface area contributed by atoms with E-state index < -0.39 is 12.1 Å². The molecule has 0 fully saturated rings. The van der Waals surface area contributed by atoms with Crippen molar-refractivity contribution in [1.29, 1.82) is 0 Å². The third-order valence-electron chi connectivity index (χ3n) is 4.10. The van der Waals surface area contributed by atoms with Crippen LogP contribution in [0.3, 0.4) is 0 Å². The minimum Gasteiger partial charge on any atom is -0.479 e. The lowest BCUT2D eigenvalue weighted by molar-refractivity contribution is -0.149. The molecule has 144 valence electrons. The fourth-order valence-corrected chi connectivity index (χ4v) is 3.51. The van der Waals surface area contributed by atoms with Crippen LogP contribution in [0.1, 0.15) is 18.9 Å². The van der Waals surface area contributed by atoms with Crippen LogP contribution in [0.4, 0.5) is 5.69 Å². The predicted octanol–water partition coefficient (Wildman–Crippen LogP) is 2.81. The number of rotatable bonds is 6. The molecule has 1 amide bonds. The van der Waals surface area contributed by atoms with Gasteiger partial charge in [-0.1, -0.05) is 0 Å². The number of thiazole rings is 1. The Bertz CT molecular complexity index is 850. The standard InChI is InChI=1S/C19H22N2O5S/c1-11(9-24-4)25-18(22)8-21-16-7-14(15-10-27-13(3)20-15)5-6-17(16)26-12(2)19(21)23/h5-7,10-12H,8-9H2,1-4H3. The summed E-state index contributed by atoms with van der Waals surface area (Å²) in [6.45, 7) is 5.44. The molecule has 1 aromatic carbocycles. The Morgan fingerprint density at radius 2 is 2.22 bits per heavy atom. The maximum absolute atomic E-state index is 12.6. The maximum Gasteiger partial charge on any atom is 0.326 e. The van der Waals surface area contributed by atoms with Crippen LogP contribution in [0.5, 0.6) is 5.75 Å². The average Bonchev–Trinajstić information content (AvgIpc) is 3.05. The van der Waals surface area contributed by atoms with Crippen molar-refractivity contribution in [1.82, 2.24) is 4.98 Å². The zero-order chi connectivity index (χ0) is 19.6. The molecule has 2 atom stereocenters. The second kappa shape index (κ2) is 8.06. The van der Waals surface area contributed by atoms with E-state index in [1.54, 1.807) is 31.3 Å². The number of hydrogen-bond donors (Lipinski definition) is 0. The number of aromatic nitrogens is 1. The fourth-order valence-electron chi connectivity index (χ4n) is 2.88. The van der Waals surface area contributed by atoms with Crippen molar-refractivity contribution in [3.8, 4) is 17.0 Å². The van der Waals surface area contributed by atoms with Crippen molar-refractivity contribution in [3.63, 3.8) is 0 Å². The van der Waals surface area contributed by atoms with Crippen LogP contribution in [-0.2, 0) is 19.1 Å². The highest BCUT2D eigenvalue weighted by Crippen LogP contribution is 2.37. The van der Waals surface area contributed by atoms with Crippen molar-refractivity contribution < 1.29 is 23.8 Å². The average molecular weight is 390 g/mol. The minimum atomic E-state index is -0.672.